The molecule has 3 aromatic rings. The molecule has 176 valence electrons. The fraction of sp³-hybridized carbons (Fsp3) is 0.296. The van der Waals surface area contributed by atoms with Crippen molar-refractivity contribution in [1.82, 2.24) is 10.6 Å². The molecule has 7 heteroatoms. The zero-order valence-corrected chi connectivity index (χ0v) is 19.8. The Bertz CT molecular complexity index is 1130. The molecule has 1 aliphatic heterocycles. The van der Waals surface area contributed by atoms with Gasteiger partial charge in [0, 0.05) is 47.1 Å². The second-order valence-corrected chi connectivity index (χ2v) is 10.0. The van der Waals surface area contributed by atoms with Gasteiger partial charge >= 0.3 is 0 Å². The number of carbonyl (C=O) groups excluding carboxylic acids is 1. The van der Waals surface area contributed by atoms with E-state index in [1.54, 1.807) is 24.3 Å². The van der Waals surface area contributed by atoms with E-state index in [1.807, 2.05) is 24.3 Å². The molecule has 34 heavy (non-hydrogen) atoms. The average Bonchev–Trinajstić information content (AvgIpc) is 3.57. The van der Waals surface area contributed by atoms with Gasteiger partial charge in [-0.05, 0) is 65.9 Å². The Morgan fingerprint density at radius 3 is 1.79 bits per heavy atom. The summed E-state index contributed by atoms with van der Waals surface area (Å²) in [7, 11) is 0. The quantitative estimate of drug-likeness (QED) is 0.427. The molecule has 2 aliphatic rings. The van der Waals surface area contributed by atoms with Crippen molar-refractivity contribution in [1.29, 1.82) is 0 Å². The van der Waals surface area contributed by atoms with Crippen LogP contribution in [0.1, 0.15) is 35.4 Å². The number of carbonyl (C=O) groups is 1. The van der Waals surface area contributed by atoms with Gasteiger partial charge in [0.05, 0.1) is 5.41 Å². The first-order chi connectivity index (χ1) is 16.4. The summed E-state index contributed by atoms with van der Waals surface area (Å²) in [5, 5.41) is 7.54. The molecule has 1 amide bonds. The summed E-state index contributed by atoms with van der Waals surface area (Å²) in [5.74, 6) is -2.37. The predicted octanol–water partition coefficient (Wildman–Crippen LogP) is 5.84. The highest BCUT2D eigenvalue weighted by molar-refractivity contribution is 6.30. The van der Waals surface area contributed by atoms with Crippen LogP contribution in [0.15, 0.2) is 66.7 Å². The number of amides is 1. The number of nitrogens with one attached hydrogen (secondary N) is 2. The van der Waals surface area contributed by atoms with Crippen molar-refractivity contribution < 1.29 is 13.6 Å². The maximum Gasteiger partial charge on any atom is 0.232 e. The lowest BCUT2D eigenvalue weighted by Gasteiger charge is -2.50. The van der Waals surface area contributed by atoms with E-state index >= 15 is 0 Å². The third kappa shape index (κ3) is 4.33. The molecule has 1 saturated heterocycles. The molecular weight excluding hydrogens is 477 g/mol. The van der Waals surface area contributed by atoms with Gasteiger partial charge in [0.15, 0.2) is 0 Å². The van der Waals surface area contributed by atoms with E-state index in [1.165, 1.54) is 12.1 Å². The van der Waals surface area contributed by atoms with Gasteiger partial charge in [-0.1, -0.05) is 47.5 Å². The first-order valence-corrected chi connectivity index (χ1v) is 12.1. The third-order valence-electron chi connectivity index (χ3n) is 6.92. The van der Waals surface area contributed by atoms with Crippen LogP contribution in [0.3, 0.4) is 0 Å². The average molecular weight is 501 g/mol. The number of rotatable bonds is 7. The second-order valence-electron chi connectivity index (χ2n) is 9.17. The summed E-state index contributed by atoms with van der Waals surface area (Å²) in [5.41, 5.74) is 0.714. The highest BCUT2D eigenvalue weighted by Crippen LogP contribution is 2.51. The Morgan fingerprint density at radius 2 is 1.38 bits per heavy atom. The van der Waals surface area contributed by atoms with Crippen LogP contribution < -0.4 is 10.6 Å². The second kappa shape index (κ2) is 9.29. The highest BCUT2D eigenvalue weighted by atomic mass is 35.5. The molecule has 5 rings (SSSR count). The maximum atomic E-state index is 14.6. The molecule has 0 radical (unpaired) electrons. The van der Waals surface area contributed by atoms with Crippen LogP contribution in [0.5, 0.6) is 0 Å². The van der Waals surface area contributed by atoms with E-state index in [9.17, 15) is 13.6 Å². The van der Waals surface area contributed by atoms with Gasteiger partial charge in [-0.15, -0.1) is 0 Å². The smallest absolute Gasteiger partial charge is 0.232 e. The molecule has 0 aromatic heterocycles. The lowest BCUT2D eigenvalue weighted by Crippen LogP contribution is -2.63. The van der Waals surface area contributed by atoms with Crippen molar-refractivity contribution in [3.63, 3.8) is 0 Å². The largest absolute Gasteiger partial charge is 0.353 e. The van der Waals surface area contributed by atoms with Gasteiger partial charge in [-0.25, -0.2) is 8.78 Å². The number of benzene rings is 3. The normalized spacial score (nSPS) is 17.8. The molecule has 2 fully saturated rings. The molecule has 0 spiro atoms. The molecule has 1 aliphatic carbocycles. The Balaban J connectivity index is 1.81. The van der Waals surface area contributed by atoms with Crippen molar-refractivity contribution in [2.24, 2.45) is 5.92 Å². The first kappa shape index (κ1) is 23.3. The van der Waals surface area contributed by atoms with E-state index in [4.69, 9.17) is 23.2 Å². The fourth-order valence-corrected chi connectivity index (χ4v) is 5.30. The van der Waals surface area contributed by atoms with E-state index in [-0.39, 0.29) is 17.9 Å². The van der Waals surface area contributed by atoms with E-state index in [0.717, 1.165) is 30.0 Å². The summed E-state index contributed by atoms with van der Waals surface area (Å²) in [6.45, 7) is 1.10. The van der Waals surface area contributed by atoms with E-state index < -0.39 is 23.0 Å². The van der Waals surface area contributed by atoms with Gasteiger partial charge < -0.3 is 10.6 Å². The van der Waals surface area contributed by atoms with Crippen molar-refractivity contribution in [3.8, 4) is 0 Å². The Kier molecular flexibility index (Phi) is 6.36. The van der Waals surface area contributed by atoms with Crippen LogP contribution in [-0.4, -0.2) is 25.0 Å². The van der Waals surface area contributed by atoms with Crippen molar-refractivity contribution in [2.45, 2.75) is 30.2 Å². The Hall–Kier alpha value is -2.47. The molecule has 1 atom stereocenters. The zero-order valence-electron chi connectivity index (χ0n) is 18.3. The lowest BCUT2D eigenvalue weighted by molar-refractivity contribution is -0.130. The van der Waals surface area contributed by atoms with Gasteiger partial charge in [0.25, 0.3) is 0 Å². The highest BCUT2D eigenvalue weighted by Gasteiger charge is 2.56. The third-order valence-corrected chi connectivity index (χ3v) is 7.42. The van der Waals surface area contributed by atoms with Crippen LogP contribution in [0.2, 0.25) is 10.0 Å². The maximum absolute atomic E-state index is 14.6. The summed E-state index contributed by atoms with van der Waals surface area (Å²) < 4.78 is 29.3. The van der Waals surface area contributed by atoms with Crippen LogP contribution in [-0.2, 0) is 10.2 Å². The monoisotopic (exact) mass is 500 g/mol. The number of halogens is 4. The molecule has 1 heterocycles. The summed E-state index contributed by atoms with van der Waals surface area (Å²) >= 11 is 12.4. The topological polar surface area (TPSA) is 41.1 Å². The van der Waals surface area contributed by atoms with Gasteiger partial charge in [-0.3, -0.25) is 4.79 Å². The minimum atomic E-state index is -1.27. The molecule has 3 aromatic carbocycles. The van der Waals surface area contributed by atoms with Crippen molar-refractivity contribution in [3.05, 3.63) is 105 Å². The molecule has 3 nitrogen and oxygen atoms in total. The minimum Gasteiger partial charge on any atom is -0.353 e. The van der Waals surface area contributed by atoms with Gasteiger partial charge in [-0.2, -0.15) is 0 Å². The van der Waals surface area contributed by atoms with Crippen molar-refractivity contribution >= 4 is 29.1 Å². The number of hydrogen-bond donors (Lipinski definition) is 2. The van der Waals surface area contributed by atoms with E-state index in [2.05, 4.69) is 10.6 Å². The zero-order chi connectivity index (χ0) is 23.9. The molecular formula is C27H24Cl2F2N2O. The first-order valence-electron chi connectivity index (χ1n) is 11.4. The lowest BCUT2D eigenvalue weighted by atomic mass is 9.56. The standard InChI is InChI=1S/C27H24Cl2F2N2O/c28-20-5-1-16(2-6-20)25(17-3-7-21(29)8-4-17)27(19-14-32-15-19,26(34)33-24-9-10-24)18-11-22(30)13-23(31)12-18/h1-8,11-13,19,24-25,32H,9-10,14-15H2,(H,33,34). The number of hydrogen-bond acceptors (Lipinski definition) is 2. The van der Waals surface area contributed by atoms with Crippen LogP contribution in [0.4, 0.5) is 8.78 Å². The fourth-order valence-electron chi connectivity index (χ4n) is 5.05. The molecule has 1 saturated carbocycles. The van der Waals surface area contributed by atoms with Gasteiger partial charge in [0.2, 0.25) is 5.91 Å². The summed E-state index contributed by atoms with van der Waals surface area (Å²) in [4.78, 5) is 14.3. The molecule has 1 unspecified atom stereocenters. The van der Waals surface area contributed by atoms with Gasteiger partial charge in [0.1, 0.15) is 11.6 Å². The van der Waals surface area contributed by atoms with Crippen LogP contribution >= 0.6 is 23.2 Å². The Labute approximate surface area is 207 Å². The minimum absolute atomic E-state index is 0.0782. The Morgan fingerprint density at radius 1 is 0.882 bits per heavy atom. The summed E-state index contributed by atoms with van der Waals surface area (Å²) in [6.07, 6.45) is 1.80. The molecule has 2 N–H and O–H groups in total. The van der Waals surface area contributed by atoms with Crippen LogP contribution in [0, 0.1) is 17.6 Å². The predicted molar refractivity (Wildman–Crippen MR) is 130 cm³/mol. The SMILES string of the molecule is O=C(NC1CC1)C(c1cc(F)cc(F)c1)(C1CNC1)C(c1ccc(Cl)cc1)c1ccc(Cl)cc1. The van der Waals surface area contributed by atoms with Crippen molar-refractivity contribution in [2.75, 3.05) is 13.1 Å². The van der Waals surface area contributed by atoms with Crippen LogP contribution in [0.25, 0.3) is 0 Å². The summed E-state index contributed by atoms with van der Waals surface area (Å²) in [6, 6.07) is 18.1. The molecule has 0 bridgehead atoms. The van der Waals surface area contributed by atoms with E-state index in [0.29, 0.717) is 28.7 Å².